The number of benzene rings is 1. The summed E-state index contributed by atoms with van der Waals surface area (Å²) in [7, 11) is -3.52. The average Bonchev–Trinajstić information content (AvgIpc) is 3.05. The van der Waals surface area contributed by atoms with Gasteiger partial charge in [0.2, 0.25) is 0 Å². The quantitative estimate of drug-likeness (QED) is 0.846. The second-order valence-corrected chi connectivity index (χ2v) is 7.78. The van der Waals surface area contributed by atoms with Crippen LogP contribution in [0.25, 0.3) is 5.69 Å². The first kappa shape index (κ1) is 17.1. The van der Waals surface area contributed by atoms with E-state index >= 15 is 0 Å². The molecular formula is C16H23N5O2S. The Morgan fingerprint density at radius 2 is 2.04 bits per heavy atom. The highest BCUT2D eigenvalue weighted by atomic mass is 32.2. The standard InChI is InChI=1S/C16H23N5O2S/c1-13-12-20(11-9-17-13)24(22,23)19-14(2)16-8-10-21(18-16)15-6-4-3-5-7-15/h3-8,10,13-14,17,19H,9,11-12H2,1-2H3. The van der Waals surface area contributed by atoms with Crippen LogP contribution in [0.15, 0.2) is 42.6 Å². The van der Waals surface area contributed by atoms with Crippen molar-refractivity contribution >= 4 is 10.2 Å². The number of aromatic nitrogens is 2. The minimum atomic E-state index is -3.52. The summed E-state index contributed by atoms with van der Waals surface area (Å²) in [4.78, 5) is 0. The first-order chi connectivity index (χ1) is 11.5. The van der Waals surface area contributed by atoms with Crippen LogP contribution in [0.2, 0.25) is 0 Å². The Morgan fingerprint density at radius 1 is 1.29 bits per heavy atom. The van der Waals surface area contributed by atoms with Crippen LogP contribution in [-0.4, -0.2) is 48.2 Å². The molecule has 130 valence electrons. The normalized spacial score (nSPS) is 20.8. The monoisotopic (exact) mass is 349 g/mol. The Hall–Kier alpha value is -1.74. The summed E-state index contributed by atoms with van der Waals surface area (Å²) in [5.41, 5.74) is 1.63. The van der Waals surface area contributed by atoms with Crippen LogP contribution >= 0.6 is 0 Å². The van der Waals surface area contributed by atoms with E-state index in [-0.39, 0.29) is 6.04 Å². The molecule has 1 aromatic heterocycles. The molecule has 0 spiro atoms. The first-order valence-electron chi connectivity index (χ1n) is 8.07. The number of hydrogen-bond donors (Lipinski definition) is 2. The van der Waals surface area contributed by atoms with E-state index in [2.05, 4.69) is 15.1 Å². The summed E-state index contributed by atoms with van der Waals surface area (Å²) < 4.78 is 31.0. The van der Waals surface area contributed by atoms with Gasteiger partial charge in [-0.2, -0.15) is 22.5 Å². The van der Waals surface area contributed by atoms with Crippen LogP contribution in [0.5, 0.6) is 0 Å². The maximum Gasteiger partial charge on any atom is 0.280 e. The van der Waals surface area contributed by atoms with Gasteiger partial charge in [0, 0.05) is 31.9 Å². The van der Waals surface area contributed by atoms with Gasteiger partial charge >= 0.3 is 0 Å². The minimum absolute atomic E-state index is 0.155. The van der Waals surface area contributed by atoms with Crippen molar-refractivity contribution in [2.24, 2.45) is 0 Å². The smallest absolute Gasteiger partial charge is 0.280 e. The zero-order valence-electron chi connectivity index (χ0n) is 13.9. The topological polar surface area (TPSA) is 79.3 Å². The Balaban J connectivity index is 1.71. The van der Waals surface area contributed by atoms with Gasteiger partial charge < -0.3 is 5.32 Å². The molecule has 2 aromatic rings. The number of nitrogens with zero attached hydrogens (tertiary/aromatic N) is 3. The van der Waals surface area contributed by atoms with Crippen LogP contribution in [0, 0.1) is 0 Å². The molecular weight excluding hydrogens is 326 g/mol. The molecule has 2 unspecified atom stereocenters. The Kier molecular flexibility index (Phi) is 5.00. The van der Waals surface area contributed by atoms with E-state index < -0.39 is 16.3 Å². The second kappa shape index (κ2) is 7.02. The fraction of sp³-hybridized carbons (Fsp3) is 0.438. The molecule has 0 amide bonds. The van der Waals surface area contributed by atoms with Crippen molar-refractivity contribution in [3.8, 4) is 5.69 Å². The minimum Gasteiger partial charge on any atom is -0.312 e. The second-order valence-electron chi connectivity index (χ2n) is 6.08. The number of rotatable bonds is 5. The largest absolute Gasteiger partial charge is 0.312 e. The lowest BCUT2D eigenvalue weighted by Crippen LogP contribution is -2.54. The Labute approximate surface area is 142 Å². The summed E-state index contributed by atoms with van der Waals surface area (Å²) in [6.07, 6.45) is 1.84. The van der Waals surface area contributed by atoms with Crippen molar-refractivity contribution in [3.63, 3.8) is 0 Å². The zero-order chi connectivity index (χ0) is 17.2. The zero-order valence-corrected chi connectivity index (χ0v) is 14.7. The highest BCUT2D eigenvalue weighted by Crippen LogP contribution is 2.15. The van der Waals surface area contributed by atoms with Gasteiger partial charge in [0.1, 0.15) is 0 Å². The number of para-hydroxylation sites is 1. The molecule has 1 aliphatic rings. The lowest BCUT2D eigenvalue weighted by Gasteiger charge is -2.31. The fourth-order valence-corrected chi connectivity index (χ4v) is 4.24. The predicted octanol–water partition coefficient (Wildman–Crippen LogP) is 1.06. The summed E-state index contributed by atoms with van der Waals surface area (Å²) in [6, 6.07) is 11.3. The molecule has 3 rings (SSSR count). The maximum atomic E-state index is 12.5. The van der Waals surface area contributed by atoms with Crippen LogP contribution in [-0.2, 0) is 10.2 Å². The van der Waals surface area contributed by atoms with Gasteiger partial charge in [-0.05, 0) is 32.0 Å². The molecule has 24 heavy (non-hydrogen) atoms. The number of nitrogens with one attached hydrogen (secondary N) is 2. The molecule has 0 aliphatic carbocycles. The molecule has 7 nitrogen and oxygen atoms in total. The third kappa shape index (κ3) is 3.84. The van der Waals surface area contributed by atoms with Gasteiger partial charge in [-0.15, -0.1) is 0 Å². The highest BCUT2D eigenvalue weighted by Gasteiger charge is 2.28. The van der Waals surface area contributed by atoms with Gasteiger partial charge in [0.15, 0.2) is 0 Å². The molecule has 8 heteroatoms. The van der Waals surface area contributed by atoms with E-state index in [9.17, 15) is 8.42 Å². The van der Waals surface area contributed by atoms with Crippen molar-refractivity contribution in [3.05, 3.63) is 48.3 Å². The van der Waals surface area contributed by atoms with Crippen molar-refractivity contribution in [2.75, 3.05) is 19.6 Å². The van der Waals surface area contributed by atoms with E-state index in [1.165, 1.54) is 4.31 Å². The number of hydrogen-bond acceptors (Lipinski definition) is 4. The lowest BCUT2D eigenvalue weighted by atomic mass is 10.3. The molecule has 2 atom stereocenters. The van der Waals surface area contributed by atoms with Crippen LogP contribution < -0.4 is 10.0 Å². The molecule has 1 aromatic carbocycles. The van der Waals surface area contributed by atoms with Crippen LogP contribution in [0.3, 0.4) is 0 Å². The van der Waals surface area contributed by atoms with E-state index in [4.69, 9.17) is 0 Å². The van der Waals surface area contributed by atoms with Gasteiger partial charge in [-0.1, -0.05) is 18.2 Å². The molecule has 2 N–H and O–H groups in total. The molecule has 1 aliphatic heterocycles. The van der Waals surface area contributed by atoms with Gasteiger partial charge in [0.05, 0.1) is 17.4 Å². The summed E-state index contributed by atoms with van der Waals surface area (Å²) in [5.74, 6) is 0. The number of piperazine rings is 1. The molecule has 2 heterocycles. The summed E-state index contributed by atoms with van der Waals surface area (Å²) >= 11 is 0. The van der Waals surface area contributed by atoms with Gasteiger partial charge in [0.25, 0.3) is 10.2 Å². The Morgan fingerprint density at radius 3 is 2.75 bits per heavy atom. The van der Waals surface area contributed by atoms with Crippen molar-refractivity contribution in [2.45, 2.75) is 25.9 Å². The van der Waals surface area contributed by atoms with Gasteiger partial charge in [-0.25, -0.2) is 4.68 Å². The molecule has 0 saturated carbocycles. The third-order valence-electron chi connectivity index (χ3n) is 4.07. The van der Waals surface area contributed by atoms with Crippen molar-refractivity contribution in [1.29, 1.82) is 0 Å². The first-order valence-corrected chi connectivity index (χ1v) is 9.51. The lowest BCUT2D eigenvalue weighted by molar-refractivity contribution is 0.305. The summed E-state index contributed by atoms with van der Waals surface area (Å²) in [5, 5.41) is 7.72. The SMILES string of the molecule is CC1CN(S(=O)(=O)NC(C)c2ccn(-c3ccccc3)n2)CCN1. The van der Waals surface area contributed by atoms with E-state index in [0.29, 0.717) is 25.3 Å². The van der Waals surface area contributed by atoms with Crippen molar-refractivity contribution in [1.82, 2.24) is 24.1 Å². The van der Waals surface area contributed by atoms with E-state index in [0.717, 1.165) is 5.69 Å². The molecule has 0 radical (unpaired) electrons. The fourth-order valence-electron chi connectivity index (χ4n) is 2.77. The molecule has 1 fully saturated rings. The summed E-state index contributed by atoms with van der Waals surface area (Å²) in [6.45, 7) is 5.40. The van der Waals surface area contributed by atoms with E-state index in [1.807, 2.05) is 49.5 Å². The maximum absolute atomic E-state index is 12.5. The molecule has 0 bridgehead atoms. The molecule has 1 saturated heterocycles. The highest BCUT2D eigenvalue weighted by molar-refractivity contribution is 7.87. The van der Waals surface area contributed by atoms with Gasteiger partial charge in [-0.3, -0.25) is 0 Å². The van der Waals surface area contributed by atoms with Crippen molar-refractivity contribution < 1.29 is 8.42 Å². The van der Waals surface area contributed by atoms with E-state index in [1.54, 1.807) is 11.6 Å². The Bertz CT molecular complexity index is 775. The van der Waals surface area contributed by atoms with Crippen LogP contribution in [0.4, 0.5) is 0 Å². The third-order valence-corrected chi connectivity index (χ3v) is 5.73. The predicted molar refractivity (Wildman–Crippen MR) is 93.1 cm³/mol. The average molecular weight is 349 g/mol. The van der Waals surface area contributed by atoms with Crippen LogP contribution in [0.1, 0.15) is 25.6 Å².